The van der Waals surface area contributed by atoms with Crippen molar-refractivity contribution in [1.82, 2.24) is 24.6 Å². The molecular formula is C24H25N5O2S. The molecule has 8 heteroatoms. The summed E-state index contributed by atoms with van der Waals surface area (Å²) in [5, 5.41) is 10.7. The van der Waals surface area contributed by atoms with E-state index < -0.39 is 0 Å². The average Bonchev–Trinajstić information content (AvgIpc) is 3.42. The van der Waals surface area contributed by atoms with E-state index in [0.29, 0.717) is 18.8 Å². The molecule has 32 heavy (non-hydrogen) atoms. The Balaban J connectivity index is 1.31. The molecule has 4 aromatic rings. The fourth-order valence-corrected chi connectivity index (χ4v) is 5.21. The van der Waals surface area contributed by atoms with Crippen LogP contribution in [0.2, 0.25) is 0 Å². The Bertz CT molecular complexity index is 1280. The average molecular weight is 448 g/mol. The summed E-state index contributed by atoms with van der Waals surface area (Å²) in [5.74, 6) is 1.96. The number of H-pyrrole nitrogens is 1. The first-order valence-electron chi connectivity index (χ1n) is 10.7. The predicted molar refractivity (Wildman–Crippen MR) is 126 cm³/mol. The lowest BCUT2D eigenvalue weighted by atomic mass is 10.0. The van der Waals surface area contributed by atoms with E-state index in [9.17, 15) is 4.79 Å². The highest BCUT2D eigenvalue weighted by Gasteiger charge is 2.25. The number of benzene rings is 2. The van der Waals surface area contributed by atoms with E-state index in [1.165, 1.54) is 28.4 Å². The number of amides is 1. The number of aromatic nitrogens is 4. The van der Waals surface area contributed by atoms with Crippen molar-refractivity contribution in [3.63, 3.8) is 0 Å². The lowest BCUT2D eigenvalue weighted by Gasteiger charge is -2.27. The smallest absolute Gasteiger partial charge is 0.233 e. The fourth-order valence-electron chi connectivity index (χ4n) is 4.31. The second-order valence-corrected chi connectivity index (χ2v) is 8.67. The Labute approximate surface area is 190 Å². The molecule has 7 nitrogen and oxygen atoms in total. The van der Waals surface area contributed by atoms with E-state index in [1.807, 2.05) is 45.9 Å². The summed E-state index contributed by atoms with van der Waals surface area (Å²) in [6, 6.07) is 16.1. The van der Waals surface area contributed by atoms with Crippen LogP contribution in [0.3, 0.4) is 0 Å². The van der Waals surface area contributed by atoms with Gasteiger partial charge in [0.05, 0.1) is 18.4 Å². The quantitative estimate of drug-likeness (QED) is 0.450. The molecular weight excluding hydrogens is 422 g/mol. The second kappa shape index (κ2) is 8.70. The summed E-state index contributed by atoms with van der Waals surface area (Å²) in [4.78, 5) is 18.5. The number of methoxy groups -OCH3 is 1. The van der Waals surface area contributed by atoms with Crippen LogP contribution in [0, 0.1) is 0 Å². The molecule has 0 radical (unpaired) electrons. The van der Waals surface area contributed by atoms with Crippen LogP contribution < -0.4 is 4.74 Å². The highest BCUT2D eigenvalue weighted by atomic mass is 32.2. The Morgan fingerprint density at radius 1 is 1.16 bits per heavy atom. The highest BCUT2D eigenvalue weighted by molar-refractivity contribution is 7.99. The van der Waals surface area contributed by atoms with Crippen LogP contribution in [0.4, 0.5) is 0 Å². The molecule has 0 saturated carbocycles. The maximum Gasteiger partial charge on any atom is 0.233 e. The number of fused-ring (bicyclic) bond motifs is 3. The van der Waals surface area contributed by atoms with Crippen molar-refractivity contribution >= 4 is 28.6 Å². The minimum Gasteiger partial charge on any atom is -0.496 e. The molecule has 0 fully saturated rings. The topological polar surface area (TPSA) is 76.0 Å². The van der Waals surface area contributed by atoms with Gasteiger partial charge in [-0.15, -0.1) is 10.2 Å². The van der Waals surface area contributed by atoms with Crippen LogP contribution in [0.1, 0.15) is 18.2 Å². The molecule has 0 unspecified atom stereocenters. The molecule has 1 N–H and O–H groups in total. The molecule has 3 heterocycles. The number of nitrogens with zero attached hydrogens (tertiary/aromatic N) is 4. The summed E-state index contributed by atoms with van der Waals surface area (Å²) in [5.41, 5.74) is 4.52. The Kier molecular flexibility index (Phi) is 5.61. The van der Waals surface area contributed by atoms with E-state index in [1.54, 1.807) is 7.11 Å². The van der Waals surface area contributed by atoms with Crippen LogP contribution in [-0.2, 0) is 24.3 Å². The maximum absolute atomic E-state index is 13.0. The third kappa shape index (κ3) is 3.64. The van der Waals surface area contributed by atoms with Crippen molar-refractivity contribution in [2.75, 3.05) is 19.4 Å². The monoisotopic (exact) mass is 447 g/mol. The van der Waals surface area contributed by atoms with Crippen molar-refractivity contribution in [2.24, 2.45) is 0 Å². The van der Waals surface area contributed by atoms with Crippen molar-refractivity contribution in [3.8, 4) is 17.1 Å². The lowest BCUT2D eigenvalue weighted by molar-refractivity contribution is -0.129. The molecule has 0 spiro atoms. The number of carbonyl (C=O) groups excluding carboxylic acids is 1. The van der Waals surface area contributed by atoms with Crippen LogP contribution in [0.5, 0.6) is 5.75 Å². The molecule has 0 atom stereocenters. The van der Waals surface area contributed by atoms with Crippen molar-refractivity contribution < 1.29 is 9.53 Å². The molecule has 5 rings (SSSR count). The molecule has 1 amide bonds. The van der Waals surface area contributed by atoms with Crippen molar-refractivity contribution in [3.05, 3.63) is 59.8 Å². The van der Waals surface area contributed by atoms with Gasteiger partial charge in [0.2, 0.25) is 5.91 Å². The molecule has 1 aliphatic rings. The van der Waals surface area contributed by atoms with E-state index in [2.05, 4.69) is 34.2 Å². The number of carbonyl (C=O) groups is 1. The Hall–Kier alpha value is -3.26. The number of thioether (sulfide) groups is 1. The number of aromatic amines is 1. The number of hydrogen-bond donors (Lipinski definition) is 1. The van der Waals surface area contributed by atoms with Gasteiger partial charge in [-0.25, -0.2) is 0 Å². The summed E-state index contributed by atoms with van der Waals surface area (Å²) < 4.78 is 7.52. The standard InChI is InChI=1S/C24H25N5O2S/c1-3-29-23(17-9-5-7-11-21(17)31-2)26-27-24(29)32-15-22(30)28-13-12-20-18(14-28)16-8-4-6-10-19(16)25-20/h4-11,25H,3,12-15H2,1-2H3. The first kappa shape index (κ1) is 20.6. The third-order valence-corrected chi connectivity index (χ3v) is 6.89. The minimum atomic E-state index is 0.121. The second-order valence-electron chi connectivity index (χ2n) is 7.73. The van der Waals surface area contributed by atoms with Gasteiger partial charge in [0, 0.05) is 48.2 Å². The van der Waals surface area contributed by atoms with Crippen molar-refractivity contribution in [2.45, 2.75) is 31.6 Å². The van der Waals surface area contributed by atoms with Crippen LogP contribution in [0.25, 0.3) is 22.3 Å². The van der Waals surface area contributed by atoms with Crippen LogP contribution in [-0.4, -0.2) is 50.0 Å². The van der Waals surface area contributed by atoms with Crippen molar-refractivity contribution in [1.29, 1.82) is 0 Å². The predicted octanol–water partition coefficient (Wildman–Crippen LogP) is 4.13. The zero-order valence-electron chi connectivity index (χ0n) is 18.2. The zero-order valence-corrected chi connectivity index (χ0v) is 19.0. The van der Waals surface area contributed by atoms with E-state index in [-0.39, 0.29) is 5.91 Å². The highest BCUT2D eigenvalue weighted by Crippen LogP contribution is 2.31. The number of rotatable bonds is 6. The molecule has 1 aliphatic heterocycles. The number of nitrogens with one attached hydrogen (secondary N) is 1. The Morgan fingerprint density at radius 3 is 2.81 bits per heavy atom. The first-order valence-corrected chi connectivity index (χ1v) is 11.7. The SMILES string of the molecule is CCn1c(SCC(=O)N2CCc3[nH]c4ccccc4c3C2)nnc1-c1ccccc1OC. The van der Waals surface area contributed by atoms with Gasteiger partial charge < -0.3 is 19.2 Å². The molecule has 0 aliphatic carbocycles. The molecule has 2 aromatic carbocycles. The van der Waals surface area contributed by atoms with E-state index >= 15 is 0 Å². The summed E-state index contributed by atoms with van der Waals surface area (Å²) >= 11 is 1.44. The van der Waals surface area contributed by atoms with Gasteiger partial charge in [-0.2, -0.15) is 0 Å². The number of ether oxygens (including phenoxy) is 1. The molecule has 0 bridgehead atoms. The van der Waals surface area contributed by atoms with E-state index in [0.717, 1.165) is 40.8 Å². The minimum absolute atomic E-state index is 0.121. The summed E-state index contributed by atoms with van der Waals surface area (Å²) in [7, 11) is 1.65. The number of para-hydroxylation sites is 2. The van der Waals surface area contributed by atoms with Gasteiger partial charge in [0.1, 0.15) is 5.75 Å². The summed E-state index contributed by atoms with van der Waals surface area (Å²) in [6.45, 7) is 4.13. The van der Waals surface area contributed by atoms with Gasteiger partial charge in [-0.3, -0.25) is 4.79 Å². The summed E-state index contributed by atoms with van der Waals surface area (Å²) in [6.07, 6.45) is 0.851. The Morgan fingerprint density at radius 2 is 1.97 bits per heavy atom. The van der Waals surface area contributed by atoms with Gasteiger partial charge in [-0.05, 0) is 25.1 Å². The third-order valence-electron chi connectivity index (χ3n) is 5.94. The molecule has 2 aromatic heterocycles. The van der Waals surface area contributed by atoms with Crippen LogP contribution >= 0.6 is 11.8 Å². The largest absolute Gasteiger partial charge is 0.496 e. The lowest BCUT2D eigenvalue weighted by Crippen LogP contribution is -2.36. The van der Waals surface area contributed by atoms with E-state index in [4.69, 9.17) is 4.74 Å². The molecule has 164 valence electrons. The van der Waals surface area contributed by atoms with Gasteiger partial charge in [0.15, 0.2) is 11.0 Å². The van der Waals surface area contributed by atoms with Gasteiger partial charge in [-0.1, -0.05) is 42.1 Å². The van der Waals surface area contributed by atoms with Gasteiger partial charge >= 0.3 is 0 Å². The normalized spacial score (nSPS) is 13.4. The molecule has 0 saturated heterocycles. The maximum atomic E-state index is 13.0. The van der Waals surface area contributed by atoms with Gasteiger partial charge in [0.25, 0.3) is 0 Å². The number of hydrogen-bond acceptors (Lipinski definition) is 5. The fraction of sp³-hybridized carbons (Fsp3) is 0.292. The van der Waals surface area contributed by atoms with Crippen LogP contribution in [0.15, 0.2) is 53.7 Å². The zero-order chi connectivity index (χ0) is 22.1. The first-order chi connectivity index (χ1) is 15.7.